The lowest BCUT2D eigenvalue weighted by atomic mass is 10.2. The zero-order valence-electron chi connectivity index (χ0n) is 17.9. The largest absolute Gasteiger partial charge is 0.454 e. The summed E-state index contributed by atoms with van der Waals surface area (Å²) < 4.78 is 5.71. The lowest BCUT2D eigenvalue weighted by Gasteiger charge is -2.14. The van der Waals surface area contributed by atoms with Crippen LogP contribution >= 0.6 is 0 Å². The van der Waals surface area contributed by atoms with Crippen molar-refractivity contribution in [3.8, 4) is 0 Å². The molecule has 0 aliphatic carbocycles. The van der Waals surface area contributed by atoms with E-state index in [1.165, 1.54) is 13.8 Å². The minimum absolute atomic E-state index is 0.0274. The first kappa shape index (κ1) is 21.7. The van der Waals surface area contributed by atoms with Gasteiger partial charge in [-0.1, -0.05) is 0 Å². The van der Waals surface area contributed by atoms with Crippen molar-refractivity contribution in [2.75, 3.05) is 23.9 Å². The van der Waals surface area contributed by atoms with Crippen molar-refractivity contribution < 1.29 is 14.0 Å². The van der Waals surface area contributed by atoms with Crippen LogP contribution < -0.4 is 9.80 Å². The van der Waals surface area contributed by atoms with Crippen LogP contribution in [0.4, 0.5) is 22.7 Å². The van der Waals surface area contributed by atoms with E-state index in [9.17, 15) is 9.59 Å². The Hall–Kier alpha value is -4.00. The van der Waals surface area contributed by atoms with Crippen molar-refractivity contribution >= 4 is 47.0 Å². The van der Waals surface area contributed by atoms with E-state index in [1.54, 1.807) is 36.3 Å². The summed E-state index contributed by atoms with van der Waals surface area (Å²) in [5.74, 6) is 1.15. The van der Waals surface area contributed by atoms with Crippen molar-refractivity contribution in [1.82, 2.24) is 0 Å². The Kier molecular flexibility index (Phi) is 6.77. The molecule has 7 heteroatoms. The van der Waals surface area contributed by atoms with E-state index in [1.807, 2.05) is 60.7 Å². The first-order chi connectivity index (χ1) is 14.8. The fourth-order valence-electron chi connectivity index (χ4n) is 2.67. The topological polar surface area (TPSA) is 78.5 Å². The van der Waals surface area contributed by atoms with E-state index in [0.29, 0.717) is 11.5 Å². The van der Waals surface area contributed by atoms with Crippen molar-refractivity contribution in [3.63, 3.8) is 0 Å². The third-order valence-electron chi connectivity index (χ3n) is 4.75. The highest BCUT2D eigenvalue weighted by Gasteiger charge is 2.05. The first-order valence-corrected chi connectivity index (χ1v) is 9.70. The molecule has 0 saturated heterocycles. The van der Waals surface area contributed by atoms with E-state index in [4.69, 9.17) is 4.42 Å². The zero-order valence-corrected chi connectivity index (χ0v) is 17.9. The molecule has 31 heavy (non-hydrogen) atoms. The molecule has 158 valence electrons. The third-order valence-corrected chi connectivity index (χ3v) is 4.75. The number of carbonyl (C=O) groups is 2. The summed E-state index contributed by atoms with van der Waals surface area (Å²) in [7, 11) is 3.46. The molecule has 0 spiro atoms. The van der Waals surface area contributed by atoms with Crippen LogP contribution in [0.5, 0.6) is 0 Å². The molecule has 0 atom stereocenters. The number of hydrogen-bond acceptors (Lipinski definition) is 5. The fraction of sp³-hybridized carbons (Fsp3) is 0.167. The minimum Gasteiger partial charge on any atom is -0.454 e. The maximum atomic E-state index is 11.4. The van der Waals surface area contributed by atoms with E-state index >= 15 is 0 Å². The van der Waals surface area contributed by atoms with Gasteiger partial charge in [-0.05, 0) is 60.7 Å². The second-order valence-corrected chi connectivity index (χ2v) is 6.95. The third kappa shape index (κ3) is 5.76. The van der Waals surface area contributed by atoms with E-state index in [2.05, 4.69) is 9.98 Å². The van der Waals surface area contributed by atoms with Crippen molar-refractivity contribution in [2.45, 2.75) is 13.8 Å². The number of rotatable bonds is 6. The van der Waals surface area contributed by atoms with Crippen molar-refractivity contribution in [1.29, 1.82) is 0 Å². The molecule has 0 fully saturated rings. The second kappa shape index (κ2) is 9.67. The molecule has 0 radical (unpaired) electrons. The number of benzene rings is 2. The summed E-state index contributed by atoms with van der Waals surface area (Å²) in [4.78, 5) is 34.8. The Morgan fingerprint density at radius 1 is 0.677 bits per heavy atom. The summed E-state index contributed by atoms with van der Waals surface area (Å²) in [6.45, 7) is 3.04. The highest BCUT2D eigenvalue weighted by atomic mass is 16.3. The molecule has 0 unspecified atom stereocenters. The number of hydrogen-bond donors (Lipinski definition) is 0. The van der Waals surface area contributed by atoms with Gasteiger partial charge in [0.1, 0.15) is 11.5 Å². The number of amides is 2. The highest BCUT2D eigenvalue weighted by molar-refractivity contribution is 5.91. The Labute approximate surface area is 181 Å². The fourth-order valence-corrected chi connectivity index (χ4v) is 2.67. The molecule has 0 saturated carbocycles. The van der Waals surface area contributed by atoms with Gasteiger partial charge in [-0.2, -0.15) is 0 Å². The number of nitrogens with zero attached hydrogens (tertiary/aromatic N) is 4. The predicted molar refractivity (Wildman–Crippen MR) is 124 cm³/mol. The van der Waals surface area contributed by atoms with Crippen LogP contribution in [0.1, 0.15) is 25.4 Å². The molecule has 0 bridgehead atoms. The number of carbonyl (C=O) groups excluding carboxylic acids is 2. The summed E-state index contributed by atoms with van der Waals surface area (Å²) in [5, 5.41) is 0. The lowest BCUT2D eigenvalue weighted by Crippen LogP contribution is -2.22. The average molecular weight is 416 g/mol. The summed E-state index contributed by atoms with van der Waals surface area (Å²) in [5.41, 5.74) is 3.12. The van der Waals surface area contributed by atoms with Crippen LogP contribution in [-0.2, 0) is 9.59 Å². The molecule has 2 aromatic carbocycles. The van der Waals surface area contributed by atoms with Crippen LogP contribution in [0.15, 0.2) is 75.1 Å². The zero-order chi connectivity index (χ0) is 22.4. The Morgan fingerprint density at radius 3 is 1.35 bits per heavy atom. The van der Waals surface area contributed by atoms with Crippen LogP contribution in [0.3, 0.4) is 0 Å². The first-order valence-electron chi connectivity index (χ1n) is 9.70. The molecule has 2 amide bonds. The van der Waals surface area contributed by atoms with Gasteiger partial charge in [0.15, 0.2) is 0 Å². The van der Waals surface area contributed by atoms with Crippen LogP contribution in [0.25, 0.3) is 0 Å². The van der Waals surface area contributed by atoms with Crippen molar-refractivity contribution in [2.24, 2.45) is 9.98 Å². The van der Waals surface area contributed by atoms with E-state index in [0.717, 1.165) is 22.7 Å². The summed E-state index contributed by atoms with van der Waals surface area (Å²) >= 11 is 0. The smallest absolute Gasteiger partial charge is 0.223 e. The van der Waals surface area contributed by atoms with E-state index in [-0.39, 0.29) is 11.8 Å². The predicted octanol–water partition coefficient (Wildman–Crippen LogP) is 4.75. The highest BCUT2D eigenvalue weighted by Crippen LogP contribution is 2.20. The van der Waals surface area contributed by atoms with Crippen LogP contribution in [-0.4, -0.2) is 38.3 Å². The number of aliphatic imine (C=N–C) groups is 2. The molecule has 7 nitrogen and oxygen atoms in total. The minimum atomic E-state index is -0.0274. The monoisotopic (exact) mass is 416 g/mol. The normalized spacial score (nSPS) is 11.2. The Morgan fingerprint density at radius 2 is 1.03 bits per heavy atom. The van der Waals surface area contributed by atoms with Crippen LogP contribution in [0.2, 0.25) is 0 Å². The molecule has 0 aliphatic rings. The van der Waals surface area contributed by atoms with Gasteiger partial charge in [-0.25, -0.2) is 0 Å². The maximum Gasteiger partial charge on any atom is 0.223 e. The van der Waals surface area contributed by atoms with Gasteiger partial charge in [0.2, 0.25) is 11.8 Å². The van der Waals surface area contributed by atoms with Crippen LogP contribution in [0, 0.1) is 0 Å². The van der Waals surface area contributed by atoms with Gasteiger partial charge in [0, 0.05) is 39.3 Å². The summed E-state index contributed by atoms with van der Waals surface area (Å²) in [6, 6.07) is 18.3. The van der Waals surface area contributed by atoms with Gasteiger partial charge >= 0.3 is 0 Å². The average Bonchev–Trinajstić information content (AvgIpc) is 3.23. The van der Waals surface area contributed by atoms with Gasteiger partial charge in [-0.3, -0.25) is 19.6 Å². The SMILES string of the molecule is CC(=O)N(C)c1ccc(N=Cc2ccc(C=Nc3ccc(N(C)C(C)=O)cc3)o2)cc1. The van der Waals surface area contributed by atoms with Gasteiger partial charge in [-0.15, -0.1) is 0 Å². The molecule has 3 rings (SSSR count). The van der Waals surface area contributed by atoms with Gasteiger partial charge in [0.05, 0.1) is 23.8 Å². The molecule has 0 aliphatic heterocycles. The summed E-state index contributed by atoms with van der Waals surface area (Å²) in [6.07, 6.45) is 3.26. The second-order valence-electron chi connectivity index (χ2n) is 6.95. The molecule has 3 aromatic rings. The quantitative estimate of drug-likeness (QED) is 0.544. The molecule has 1 aromatic heterocycles. The molecular weight excluding hydrogens is 392 g/mol. The van der Waals surface area contributed by atoms with Gasteiger partial charge in [0.25, 0.3) is 0 Å². The van der Waals surface area contributed by atoms with E-state index < -0.39 is 0 Å². The standard InChI is InChI=1S/C24H24N4O3/c1-17(29)27(3)21-9-5-19(6-10-21)25-15-23-13-14-24(31-23)16-26-20-7-11-22(12-8-20)28(4)18(2)30/h5-16H,1-4H3. The Balaban J connectivity index is 1.62. The number of furan rings is 1. The van der Waals surface area contributed by atoms with Gasteiger partial charge < -0.3 is 14.2 Å². The number of anilines is 2. The maximum absolute atomic E-state index is 11.4. The molecular formula is C24H24N4O3. The Bertz CT molecular complexity index is 1020. The lowest BCUT2D eigenvalue weighted by molar-refractivity contribution is -0.117. The molecule has 0 N–H and O–H groups in total. The molecule has 1 heterocycles. The van der Waals surface area contributed by atoms with Crippen molar-refractivity contribution in [3.05, 3.63) is 72.2 Å².